The largest absolute Gasteiger partial charge is 0.302 e. The summed E-state index contributed by atoms with van der Waals surface area (Å²) < 4.78 is 13.7. The number of hydrogen-bond acceptors (Lipinski definition) is 1. The van der Waals surface area contributed by atoms with Crippen LogP contribution in [0.4, 0.5) is 4.39 Å². The van der Waals surface area contributed by atoms with Gasteiger partial charge in [-0.1, -0.05) is 13.0 Å². The van der Waals surface area contributed by atoms with Crippen LogP contribution in [0, 0.1) is 5.82 Å². The van der Waals surface area contributed by atoms with Crippen LogP contribution in [0.3, 0.4) is 0 Å². The van der Waals surface area contributed by atoms with Crippen molar-refractivity contribution < 1.29 is 4.39 Å². The maximum Gasteiger partial charge on any atom is 0.128 e. The molecular weight excluding hydrogens is 177 g/mol. The van der Waals surface area contributed by atoms with Crippen LogP contribution in [-0.2, 0) is 19.4 Å². The Hall–Kier alpha value is -0.890. The summed E-state index contributed by atoms with van der Waals surface area (Å²) in [4.78, 5) is 2.16. The lowest BCUT2D eigenvalue weighted by atomic mass is 9.96. The molecule has 0 radical (unpaired) electrons. The fourth-order valence-corrected chi connectivity index (χ4v) is 2.02. The molecule has 1 aromatic carbocycles. The van der Waals surface area contributed by atoms with Gasteiger partial charge in [-0.3, -0.25) is 0 Å². The van der Waals surface area contributed by atoms with Crippen molar-refractivity contribution >= 4 is 0 Å². The normalized spacial score (nSPS) is 16.8. The van der Waals surface area contributed by atoms with E-state index in [2.05, 4.69) is 17.9 Å². The average Bonchev–Trinajstić information content (AvgIpc) is 2.19. The van der Waals surface area contributed by atoms with Crippen molar-refractivity contribution in [2.45, 2.75) is 26.3 Å². The second-order valence-electron chi connectivity index (χ2n) is 4.06. The van der Waals surface area contributed by atoms with Crippen LogP contribution in [0.25, 0.3) is 0 Å². The van der Waals surface area contributed by atoms with Crippen molar-refractivity contribution in [1.82, 2.24) is 4.90 Å². The molecule has 0 spiro atoms. The Morgan fingerprint density at radius 1 is 1.43 bits per heavy atom. The van der Waals surface area contributed by atoms with E-state index in [-0.39, 0.29) is 5.82 Å². The molecule has 2 heteroatoms. The predicted molar refractivity (Wildman–Crippen MR) is 55.8 cm³/mol. The maximum absolute atomic E-state index is 13.7. The molecular formula is C12H16FN. The molecule has 0 bridgehead atoms. The minimum Gasteiger partial charge on any atom is -0.302 e. The van der Waals surface area contributed by atoms with Gasteiger partial charge in [0.25, 0.3) is 0 Å². The zero-order valence-corrected chi connectivity index (χ0v) is 8.81. The third-order valence-electron chi connectivity index (χ3n) is 2.95. The number of nitrogens with zero attached hydrogens (tertiary/aromatic N) is 1. The molecule has 0 saturated heterocycles. The van der Waals surface area contributed by atoms with Gasteiger partial charge in [-0.2, -0.15) is 0 Å². The summed E-state index contributed by atoms with van der Waals surface area (Å²) in [6, 6.07) is 3.84. The second kappa shape index (κ2) is 3.70. The highest BCUT2D eigenvalue weighted by molar-refractivity contribution is 5.35. The van der Waals surface area contributed by atoms with Crippen molar-refractivity contribution in [3.05, 3.63) is 34.6 Å². The molecule has 2 rings (SSSR count). The molecule has 1 aliphatic rings. The summed E-state index contributed by atoms with van der Waals surface area (Å²) in [6.07, 6.45) is 1.90. The summed E-state index contributed by atoms with van der Waals surface area (Å²) in [6.45, 7) is 3.86. The Morgan fingerprint density at radius 3 is 2.93 bits per heavy atom. The van der Waals surface area contributed by atoms with E-state index < -0.39 is 0 Å². The number of hydrogen-bond donors (Lipinski definition) is 0. The van der Waals surface area contributed by atoms with Crippen molar-refractivity contribution in [2.75, 3.05) is 13.6 Å². The number of rotatable bonds is 1. The molecule has 0 amide bonds. The second-order valence-corrected chi connectivity index (χ2v) is 4.06. The van der Waals surface area contributed by atoms with E-state index >= 15 is 0 Å². The summed E-state index contributed by atoms with van der Waals surface area (Å²) in [5.41, 5.74) is 3.22. The molecule has 0 atom stereocenters. The Bertz CT molecular complexity index is 346. The average molecular weight is 193 g/mol. The fourth-order valence-electron chi connectivity index (χ4n) is 2.02. The number of benzene rings is 1. The van der Waals surface area contributed by atoms with Crippen molar-refractivity contribution in [2.24, 2.45) is 0 Å². The number of aryl methyl sites for hydroxylation is 1. The van der Waals surface area contributed by atoms with Crippen LogP contribution in [0.15, 0.2) is 12.1 Å². The van der Waals surface area contributed by atoms with Gasteiger partial charge < -0.3 is 4.90 Å². The number of likely N-dealkylation sites (N-methyl/N-ethyl adjacent to an activating group) is 1. The van der Waals surface area contributed by atoms with Gasteiger partial charge in [0.05, 0.1) is 0 Å². The van der Waals surface area contributed by atoms with Gasteiger partial charge in [-0.05, 0) is 37.1 Å². The number of halogens is 1. The van der Waals surface area contributed by atoms with E-state index in [0.29, 0.717) is 0 Å². The maximum atomic E-state index is 13.7. The summed E-state index contributed by atoms with van der Waals surface area (Å²) in [7, 11) is 2.04. The molecule has 0 fully saturated rings. The van der Waals surface area contributed by atoms with Gasteiger partial charge in [0.2, 0.25) is 0 Å². The summed E-state index contributed by atoms with van der Waals surface area (Å²) in [5, 5.41) is 0. The molecule has 0 aromatic heterocycles. The summed E-state index contributed by atoms with van der Waals surface area (Å²) >= 11 is 0. The quantitative estimate of drug-likeness (QED) is 0.662. The predicted octanol–water partition coefficient (Wildman–Crippen LogP) is 2.38. The SMILES string of the molecule is CCc1cc(F)c2c(c1)CCN(C)C2. The van der Waals surface area contributed by atoms with Gasteiger partial charge >= 0.3 is 0 Å². The van der Waals surface area contributed by atoms with E-state index in [1.54, 1.807) is 6.07 Å². The van der Waals surface area contributed by atoms with E-state index in [1.165, 1.54) is 5.56 Å². The zero-order chi connectivity index (χ0) is 10.1. The fraction of sp³-hybridized carbons (Fsp3) is 0.500. The molecule has 1 aliphatic heterocycles. The van der Waals surface area contributed by atoms with Crippen LogP contribution >= 0.6 is 0 Å². The lowest BCUT2D eigenvalue weighted by Crippen LogP contribution is -2.27. The summed E-state index contributed by atoms with van der Waals surface area (Å²) in [5.74, 6) is -0.0223. The number of fused-ring (bicyclic) bond motifs is 1. The van der Waals surface area contributed by atoms with Crippen LogP contribution in [-0.4, -0.2) is 18.5 Å². The molecule has 1 heterocycles. The topological polar surface area (TPSA) is 3.24 Å². The van der Waals surface area contributed by atoms with Gasteiger partial charge in [0.1, 0.15) is 5.82 Å². The Morgan fingerprint density at radius 2 is 2.21 bits per heavy atom. The van der Waals surface area contributed by atoms with E-state index in [4.69, 9.17) is 0 Å². The first kappa shape index (κ1) is 9.66. The van der Waals surface area contributed by atoms with Crippen molar-refractivity contribution in [3.63, 3.8) is 0 Å². The molecule has 0 unspecified atom stereocenters. The molecule has 1 nitrogen and oxygen atoms in total. The Kier molecular flexibility index (Phi) is 2.55. The highest BCUT2D eigenvalue weighted by atomic mass is 19.1. The van der Waals surface area contributed by atoms with Crippen LogP contribution < -0.4 is 0 Å². The molecule has 0 saturated carbocycles. The van der Waals surface area contributed by atoms with Crippen molar-refractivity contribution in [1.29, 1.82) is 0 Å². The molecule has 1 aromatic rings. The Labute approximate surface area is 84.5 Å². The minimum absolute atomic E-state index is 0.0223. The standard InChI is InChI=1S/C12H16FN/c1-3-9-6-10-4-5-14(2)8-11(10)12(13)7-9/h6-7H,3-5,8H2,1-2H3. The first-order chi connectivity index (χ1) is 6.70. The minimum atomic E-state index is -0.0223. The first-order valence-corrected chi connectivity index (χ1v) is 5.19. The van der Waals surface area contributed by atoms with E-state index in [1.807, 2.05) is 7.05 Å². The first-order valence-electron chi connectivity index (χ1n) is 5.19. The van der Waals surface area contributed by atoms with Gasteiger partial charge in [0.15, 0.2) is 0 Å². The molecule has 76 valence electrons. The van der Waals surface area contributed by atoms with Gasteiger partial charge in [0, 0.05) is 18.7 Å². The lowest BCUT2D eigenvalue weighted by molar-refractivity contribution is 0.305. The highest BCUT2D eigenvalue weighted by Gasteiger charge is 2.17. The lowest BCUT2D eigenvalue weighted by Gasteiger charge is -2.25. The third kappa shape index (κ3) is 1.67. The molecule has 14 heavy (non-hydrogen) atoms. The monoisotopic (exact) mass is 193 g/mol. The van der Waals surface area contributed by atoms with Crippen molar-refractivity contribution in [3.8, 4) is 0 Å². The third-order valence-corrected chi connectivity index (χ3v) is 2.95. The van der Waals surface area contributed by atoms with Crippen LogP contribution in [0.1, 0.15) is 23.6 Å². The van der Waals surface area contributed by atoms with Gasteiger partial charge in [-0.25, -0.2) is 4.39 Å². The van der Waals surface area contributed by atoms with Crippen LogP contribution in [0.5, 0.6) is 0 Å². The smallest absolute Gasteiger partial charge is 0.128 e. The molecule has 0 aliphatic carbocycles. The van der Waals surface area contributed by atoms with Crippen LogP contribution in [0.2, 0.25) is 0 Å². The zero-order valence-electron chi connectivity index (χ0n) is 8.81. The van der Waals surface area contributed by atoms with E-state index in [9.17, 15) is 4.39 Å². The highest BCUT2D eigenvalue weighted by Crippen LogP contribution is 2.22. The Balaban J connectivity index is 2.43. The molecule has 0 N–H and O–H groups in total. The van der Waals surface area contributed by atoms with E-state index in [0.717, 1.165) is 37.1 Å². The van der Waals surface area contributed by atoms with Gasteiger partial charge in [-0.15, -0.1) is 0 Å².